The average molecular weight is 371 g/mol. The zero-order chi connectivity index (χ0) is 18.1. The average Bonchev–Trinajstić information content (AvgIpc) is 3.31. The second-order valence-electron chi connectivity index (χ2n) is 6.55. The topological polar surface area (TPSA) is 75.0 Å². The number of aromatic amines is 1. The first-order valence-electron chi connectivity index (χ1n) is 8.67. The van der Waals surface area contributed by atoms with Crippen LogP contribution in [0.2, 0.25) is 5.02 Å². The van der Waals surface area contributed by atoms with Crippen LogP contribution in [0.1, 0.15) is 47.2 Å². The molecule has 0 spiro atoms. The van der Waals surface area contributed by atoms with Crippen LogP contribution in [0.5, 0.6) is 0 Å². The van der Waals surface area contributed by atoms with Crippen molar-refractivity contribution < 1.29 is 9.32 Å². The summed E-state index contributed by atoms with van der Waals surface area (Å²) in [6.07, 6.45) is 2.94. The predicted octanol–water partition coefficient (Wildman–Crippen LogP) is 4.39. The lowest BCUT2D eigenvalue weighted by Gasteiger charge is -2.34. The van der Waals surface area contributed by atoms with Gasteiger partial charge in [0.25, 0.3) is 5.91 Å². The number of benzene rings is 1. The molecule has 4 rings (SSSR count). The summed E-state index contributed by atoms with van der Waals surface area (Å²) in [4.78, 5) is 14.9. The molecule has 0 bridgehead atoms. The molecule has 134 valence electrons. The second kappa shape index (κ2) is 6.96. The van der Waals surface area contributed by atoms with E-state index >= 15 is 0 Å². The van der Waals surface area contributed by atoms with Gasteiger partial charge in [-0.25, -0.2) is 0 Å². The summed E-state index contributed by atoms with van der Waals surface area (Å²) in [6.45, 7) is 2.56. The van der Waals surface area contributed by atoms with Gasteiger partial charge in [0.1, 0.15) is 17.1 Å². The number of nitrogens with zero attached hydrogens (tertiary/aromatic N) is 3. The quantitative estimate of drug-likeness (QED) is 0.741. The first kappa shape index (κ1) is 16.8. The molecule has 1 aliphatic rings. The Morgan fingerprint density at radius 2 is 2.08 bits per heavy atom. The second-order valence-corrected chi connectivity index (χ2v) is 6.98. The number of hydrogen-bond donors (Lipinski definition) is 1. The highest BCUT2D eigenvalue weighted by Crippen LogP contribution is 2.32. The summed E-state index contributed by atoms with van der Waals surface area (Å²) in [5.41, 5.74) is 2.91. The van der Waals surface area contributed by atoms with Gasteiger partial charge in [0, 0.05) is 23.2 Å². The summed E-state index contributed by atoms with van der Waals surface area (Å²) < 4.78 is 5.20. The fraction of sp³-hybridized carbons (Fsp3) is 0.316. The summed E-state index contributed by atoms with van der Waals surface area (Å²) in [6, 6.07) is 11.0. The third kappa shape index (κ3) is 3.24. The molecule has 1 N–H and O–H groups in total. The van der Waals surface area contributed by atoms with E-state index in [1.807, 2.05) is 30.0 Å². The van der Waals surface area contributed by atoms with E-state index in [0.29, 0.717) is 17.3 Å². The molecule has 1 amide bonds. The van der Waals surface area contributed by atoms with Gasteiger partial charge in [-0.3, -0.25) is 9.89 Å². The smallest absolute Gasteiger partial charge is 0.272 e. The highest BCUT2D eigenvalue weighted by atomic mass is 35.5. The first-order valence-corrected chi connectivity index (χ1v) is 9.05. The van der Waals surface area contributed by atoms with Crippen molar-refractivity contribution in [2.24, 2.45) is 0 Å². The van der Waals surface area contributed by atoms with Crippen LogP contribution in [0, 0.1) is 6.92 Å². The molecule has 6 nitrogen and oxygen atoms in total. The van der Waals surface area contributed by atoms with Gasteiger partial charge in [0.15, 0.2) is 0 Å². The number of nitrogens with one attached hydrogen (secondary N) is 1. The molecule has 3 aromatic rings. The molecule has 1 fully saturated rings. The number of H-pyrrole nitrogens is 1. The van der Waals surface area contributed by atoms with E-state index in [1.54, 1.807) is 18.2 Å². The normalized spacial score (nSPS) is 17.5. The van der Waals surface area contributed by atoms with Crippen LogP contribution in [0.15, 0.2) is 40.9 Å². The molecular formula is C19H19ClN4O2. The lowest BCUT2D eigenvalue weighted by atomic mass is 9.98. The molecule has 2 aromatic heterocycles. The Morgan fingerprint density at radius 1 is 1.27 bits per heavy atom. The van der Waals surface area contributed by atoms with Crippen molar-refractivity contribution in [1.29, 1.82) is 0 Å². The molecule has 3 heterocycles. The van der Waals surface area contributed by atoms with Gasteiger partial charge < -0.3 is 9.42 Å². The van der Waals surface area contributed by atoms with Crippen LogP contribution in [0.4, 0.5) is 0 Å². The van der Waals surface area contributed by atoms with E-state index in [1.165, 1.54) is 0 Å². The van der Waals surface area contributed by atoms with Crippen LogP contribution in [0.3, 0.4) is 0 Å². The fourth-order valence-electron chi connectivity index (χ4n) is 3.38. The minimum Gasteiger partial charge on any atom is -0.361 e. The Bertz CT molecular complexity index is 916. The number of likely N-dealkylation sites (tertiary alicyclic amines) is 1. The lowest BCUT2D eigenvalue weighted by Crippen LogP contribution is -2.38. The molecular weight excluding hydrogens is 352 g/mol. The SMILES string of the molecule is Cc1cc([C@@H]2CCCCN2C(=O)c2cc(-c3ccc(Cl)cc3)n[nH]2)no1. The third-order valence-corrected chi connectivity index (χ3v) is 4.95. The summed E-state index contributed by atoms with van der Waals surface area (Å²) in [7, 11) is 0. The minimum atomic E-state index is -0.0666. The molecule has 7 heteroatoms. The molecule has 1 aliphatic heterocycles. The maximum atomic E-state index is 13.1. The first-order chi connectivity index (χ1) is 12.6. The van der Waals surface area contributed by atoms with Crippen molar-refractivity contribution in [1.82, 2.24) is 20.3 Å². The predicted molar refractivity (Wildman–Crippen MR) is 97.9 cm³/mol. The van der Waals surface area contributed by atoms with Gasteiger partial charge in [0.05, 0.1) is 11.7 Å². The number of aromatic nitrogens is 3. The van der Waals surface area contributed by atoms with Gasteiger partial charge in [0.2, 0.25) is 0 Å². The highest BCUT2D eigenvalue weighted by Gasteiger charge is 2.31. The van der Waals surface area contributed by atoms with Crippen LogP contribution in [-0.2, 0) is 0 Å². The van der Waals surface area contributed by atoms with E-state index in [4.69, 9.17) is 16.1 Å². The molecule has 1 aromatic carbocycles. The van der Waals surface area contributed by atoms with Gasteiger partial charge in [-0.1, -0.05) is 28.9 Å². The number of halogens is 1. The number of carbonyl (C=O) groups excluding carboxylic acids is 1. The summed E-state index contributed by atoms with van der Waals surface area (Å²) >= 11 is 5.93. The molecule has 0 unspecified atom stereocenters. The van der Waals surface area contributed by atoms with Crippen molar-refractivity contribution >= 4 is 17.5 Å². The number of rotatable bonds is 3. The van der Waals surface area contributed by atoms with E-state index in [2.05, 4.69) is 15.4 Å². The van der Waals surface area contributed by atoms with Crippen molar-refractivity contribution in [3.8, 4) is 11.3 Å². The Kier molecular flexibility index (Phi) is 4.51. The summed E-state index contributed by atoms with van der Waals surface area (Å²) in [5, 5.41) is 11.9. The standard InChI is InChI=1S/C19H19ClN4O2/c1-12-10-16(23-26-12)18-4-2-3-9-24(18)19(25)17-11-15(21-22-17)13-5-7-14(20)8-6-13/h5-8,10-11,18H,2-4,9H2,1H3,(H,21,22)/t18-/m0/s1. The van der Waals surface area contributed by atoms with Crippen molar-refractivity contribution in [2.75, 3.05) is 6.54 Å². The molecule has 0 radical (unpaired) electrons. The number of aryl methyl sites for hydroxylation is 1. The number of piperidine rings is 1. The Hall–Kier alpha value is -2.60. The molecule has 1 saturated heterocycles. The van der Waals surface area contributed by atoms with Crippen LogP contribution in [-0.4, -0.2) is 32.7 Å². The Labute approximate surface area is 156 Å². The third-order valence-electron chi connectivity index (χ3n) is 4.70. The Morgan fingerprint density at radius 3 is 2.81 bits per heavy atom. The number of hydrogen-bond acceptors (Lipinski definition) is 4. The lowest BCUT2D eigenvalue weighted by molar-refractivity contribution is 0.0595. The fourth-order valence-corrected chi connectivity index (χ4v) is 3.51. The largest absolute Gasteiger partial charge is 0.361 e. The van der Waals surface area contributed by atoms with Crippen molar-refractivity contribution in [3.63, 3.8) is 0 Å². The number of amides is 1. The molecule has 0 aliphatic carbocycles. The van der Waals surface area contributed by atoms with E-state index in [0.717, 1.165) is 42.0 Å². The zero-order valence-electron chi connectivity index (χ0n) is 14.4. The summed E-state index contributed by atoms with van der Waals surface area (Å²) in [5.74, 6) is 0.688. The van der Waals surface area contributed by atoms with Gasteiger partial charge >= 0.3 is 0 Å². The molecule has 26 heavy (non-hydrogen) atoms. The van der Waals surface area contributed by atoms with Gasteiger partial charge in [-0.2, -0.15) is 5.10 Å². The van der Waals surface area contributed by atoms with E-state index in [9.17, 15) is 4.79 Å². The highest BCUT2D eigenvalue weighted by molar-refractivity contribution is 6.30. The Balaban J connectivity index is 1.59. The number of carbonyl (C=O) groups is 1. The maximum Gasteiger partial charge on any atom is 0.272 e. The van der Waals surface area contributed by atoms with Crippen LogP contribution in [0.25, 0.3) is 11.3 Å². The maximum absolute atomic E-state index is 13.1. The zero-order valence-corrected chi connectivity index (χ0v) is 15.2. The van der Waals surface area contributed by atoms with E-state index in [-0.39, 0.29) is 11.9 Å². The van der Waals surface area contributed by atoms with Gasteiger partial charge in [-0.15, -0.1) is 0 Å². The van der Waals surface area contributed by atoms with E-state index < -0.39 is 0 Å². The molecule has 0 saturated carbocycles. The van der Waals surface area contributed by atoms with Crippen molar-refractivity contribution in [2.45, 2.75) is 32.2 Å². The van der Waals surface area contributed by atoms with Crippen LogP contribution < -0.4 is 0 Å². The van der Waals surface area contributed by atoms with Crippen LogP contribution >= 0.6 is 11.6 Å². The molecule has 1 atom stereocenters. The van der Waals surface area contributed by atoms with Gasteiger partial charge in [-0.05, 0) is 44.4 Å². The monoisotopic (exact) mass is 370 g/mol. The van der Waals surface area contributed by atoms with Crippen molar-refractivity contribution in [3.05, 3.63) is 58.6 Å². The minimum absolute atomic E-state index is 0.0593.